The minimum Gasteiger partial charge on any atom is -0.480 e. The van der Waals surface area contributed by atoms with Crippen LogP contribution < -0.4 is 0 Å². The predicted octanol–water partition coefficient (Wildman–Crippen LogP) is 1.94. The monoisotopic (exact) mass is 223 g/mol. The zero-order valence-electron chi connectivity index (χ0n) is 7.48. The van der Waals surface area contributed by atoms with Crippen LogP contribution >= 0.6 is 11.6 Å². The predicted molar refractivity (Wildman–Crippen MR) is 55.1 cm³/mol. The van der Waals surface area contributed by atoms with Gasteiger partial charge in [0.2, 0.25) is 0 Å². The van der Waals surface area contributed by atoms with Gasteiger partial charge in [-0.2, -0.15) is 0 Å². The number of halogens is 1. The van der Waals surface area contributed by atoms with E-state index < -0.39 is 17.7 Å². The van der Waals surface area contributed by atoms with Crippen molar-refractivity contribution in [3.05, 3.63) is 28.8 Å². The molecule has 4 nitrogen and oxygen atoms in total. The molecule has 0 saturated carbocycles. The summed E-state index contributed by atoms with van der Waals surface area (Å²) in [5.41, 5.74) is 0.610. The number of aliphatic imine (C=N–C) groups is 1. The molecule has 0 aromatic heterocycles. The molecule has 0 spiro atoms. The number of para-hydroxylation sites is 1. The number of carboxylic acid groups (broad SMARTS) is 1. The van der Waals surface area contributed by atoms with Crippen molar-refractivity contribution in [3.8, 4) is 0 Å². The molecule has 1 heterocycles. The van der Waals surface area contributed by atoms with Gasteiger partial charge >= 0.3 is 5.97 Å². The van der Waals surface area contributed by atoms with Crippen LogP contribution in [-0.4, -0.2) is 23.1 Å². The number of aliphatic carboxylic acids is 1. The topological polar surface area (TPSA) is 66.7 Å². The van der Waals surface area contributed by atoms with E-state index in [0.29, 0.717) is 10.7 Å². The first-order valence-corrected chi connectivity index (χ1v) is 4.59. The molecule has 15 heavy (non-hydrogen) atoms. The van der Waals surface area contributed by atoms with Crippen molar-refractivity contribution in [1.29, 1.82) is 0 Å². The highest BCUT2D eigenvalue weighted by atomic mass is 35.5. The number of carbonyl (C=O) groups excluding carboxylic acids is 1. The fourth-order valence-corrected chi connectivity index (χ4v) is 1.63. The van der Waals surface area contributed by atoms with E-state index in [9.17, 15) is 9.59 Å². The molecule has 0 aliphatic carbocycles. The summed E-state index contributed by atoms with van der Waals surface area (Å²) in [6, 6.07) is 4.72. The van der Waals surface area contributed by atoms with Gasteiger partial charge in [-0.15, -0.1) is 0 Å². The van der Waals surface area contributed by atoms with Gasteiger partial charge in [-0.25, -0.2) is 0 Å². The highest BCUT2D eigenvalue weighted by Crippen LogP contribution is 2.33. The number of hydrogen-bond donors (Lipinski definition) is 1. The summed E-state index contributed by atoms with van der Waals surface area (Å²) in [6.45, 7) is 0. The molecule has 5 heteroatoms. The van der Waals surface area contributed by atoms with E-state index in [4.69, 9.17) is 16.7 Å². The van der Waals surface area contributed by atoms with Crippen molar-refractivity contribution in [2.45, 2.75) is 0 Å². The highest BCUT2D eigenvalue weighted by Gasteiger charge is 2.31. The number of ketones is 1. The highest BCUT2D eigenvalue weighted by molar-refractivity contribution is 6.35. The molecular weight excluding hydrogens is 218 g/mol. The van der Waals surface area contributed by atoms with Gasteiger partial charge < -0.3 is 5.11 Å². The standard InChI is InChI=1S/C10H6ClNO3/c11-7-3-1-2-5-8(7)12-4-6(9(5)13)10(14)15/h1-4,6H,(H,14,15). The molecule has 1 aliphatic rings. The Labute approximate surface area is 90.2 Å². The molecule has 0 bridgehead atoms. The van der Waals surface area contributed by atoms with Crippen LogP contribution in [0.4, 0.5) is 5.69 Å². The van der Waals surface area contributed by atoms with Crippen molar-refractivity contribution >= 4 is 35.3 Å². The normalized spacial score (nSPS) is 18.7. The van der Waals surface area contributed by atoms with Crippen LogP contribution in [0.15, 0.2) is 23.2 Å². The second kappa shape index (κ2) is 3.47. The number of carbonyl (C=O) groups is 2. The molecule has 0 amide bonds. The Hall–Kier alpha value is -1.68. The van der Waals surface area contributed by atoms with Gasteiger partial charge in [0.15, 0.2) is 11.7 Å². The first-order chi connectivity index (χ1) is 7.11. The Balaban J connectivity index is 2.56. The second-order valence-corrected chi connectivity index (χ2v) is 3.50. The average molecular weight is 224 g/mol. The fraction of sp³-hybridized carbons (Fsp3) is 0.100. The maximum atomic E-state index is 11.7. The van der Waals surface area contributed by atoms with E-state index in [2.05, 4.69) is 4.99 Å². The number of hydrogen-bond acceptors (Lipinski definition) is 3. The Kier molecular flexibility index (Phi) is 2.28. The summed E-state index contributed by atoms with van der Waals surface area (Å²) >= 11 is 5.82. The minimum absolute atomic E-state index is 0.261. The zero-order chi connectivity index (χ0) is 11.0. The lowest BCUT2D eigenvalue weighted by Gasteiger charge is -2.14. The molecule has 1 aromatic carbocycles. The van der Waals surface area contributed by atoms with E-state index in [1.807, 2.05) is 0 Å². The SMILES string of the molecule is O=C(O)C1C=Nc2c(Cl)cccc2C1=O. The van der Waals surface area contributed by atoms with E-state index in [0.717, 1.165) is 6.21 Å². The summed E-state index contributed by atoms with van der Waals surface area (Å²) in [6.07, 6.45) is 1.11. The molecular formula is C10H6ClNO3. The van der Waals surface area contributed by atoms with E-state index in [1.165, 1.54) is 6.07 Å². The Morgan fingerprint density at radius 1 is 1.47 bits per heavy atom. The van der Waals surface area contributed by atoms with Crippen molar-refractivity contribution < 1.29 is 14.7 Å². The first-order valence-electron chi connectivity index (χ1n) is 4.21. The third kappa shape index (κ3) is 1.53. The van der Waals surface area contributed by atoms with Crippen LogP contribution in [0, 0.1) is 5.92 Å². The largest absolute Gasteiger partial charge is 0.480 e. The Morgan fingerprint density at radius 2 is 2.20 bits per heavy atom. The van der Waals surface area contributed by atoms with E-state index in [-0.39, 0.29) is 5.56 Å². The molecule has 0 fully saturated rings. The van der Waals surface area contributed by atoms with Crippen LogP contribution in [0.5, 0.6) is 0 Å². The molecule has 1 unspecified atom stereocenters. The molecule has 2 rings (SSSR count). The summed E-state index contributed by atoms with van der Waals surface area (Å²) in [5, 5.41) is 9.11. The molecule has 0 radical (unpaired) electrons. The maximum Gasteiger partial charge on any atom is 0.319 e. The van der Waals surface area contributed by atoms with Gasteiger partial charge in [-0.3, -0.25) is 14.6 Å². The third-order valence-corrected chi connectivity index (χ3v) is 2.46. The van der Waals surface area contributed by atoms with Crippen molar-refractivity contribution in [1.82, 2.24) is 0 Å². The van der Waals surface area contributed by atoms with Crippen LogP contribution in [0.2, 0.25) is 5.02 Å². The number of carboxylic acids is 1. The van der Waals surface area contributed by atoms with Crippen LogP contribution in [0.25, 0.3) is 0 Å². The number of nitrogens with zero attached hydrogens (tertiary/aromatic N) is 1. The first kappa shape index (κ1) is 9.86. The van der Waals surface area contributed by atoms with Gasteiger partial charge in [0.1, 0.15) is 0 Å². The van der Waals surface area contributed by atoms with Gasteiger partial charge in [-0.05, 0) is 12.1 Å². The molecule has 0 saturated heterocycles. The molecule has 1 N–H and O–H groups in total. The van der Waals surface area contributed by atoms with E-state index >= 15 is 0 Å². The number of fused-ring (bicyclic) bond motifs is 1. The quantitative estimate of drug-likeness (QED) is 0.740. The summed E-state index contributed by atoms with van der Waals surface area (Å²) in [4.78, 5) is 26.3. The maximum absolute atomic E-state index is 11.7. The van der Waals surface area contributed by atoms with Crippen LogP contribution in [0.1, 0.15) is 10.4 Å². The fourth-order valence-electron chi connectivity index (χ4n) is 1.41. The van der Waals surface area contributed by atoms with Gasteiger partial charge in [-0.1, -0.05) is 17.7 Å². The Bertz CT molecular complexity index is 482. The second-order valence-electron chi connectivity index (χ2n) is 3.09. The zero-order valence-corrected chi connectivity index (χ0v) is 8.23. The Morgan fingerprint density at radius 3 is 2.87 bits per heavy atom. The van der Waals surface area contributed by atoms with Crippen LogP contribution in [-0.2, 0) is 4.79 Å². The summed E-state index contributed by atoms with van der Waals surface area (Å²) < 4.78 is 0. The summed E-state index contributed by atoms with van der Waals surface area (Å²) in [7, 11) is 0. The van der Waals surface area contributed by atoms with Gasteiger partial charge in [0.05, 0.1) is 10.7 Å². The van der Waals surface area contributed by atoms with Gasteiger partial charge in [0, 0.05) is 11.8 Å². The summed E-state index contributed by atoms with van der Waals surface area (Å²) in [5.74, 6) is -2.87. The number of benzene rings is 1. The average Bonchev–Trinajstić information content (AvgIpc) is 2.19. The molecule has 1 aromatic rings. The molecule has 1 aliphatic heterocycles. The number of rotatable bonds is 1. The van der Waals surface area contributed by atoms with Crippen LogP contribution in [0.3, 0.4) is 0 Å². The lowest BCUT2D eigenvalue weighted by atomic mass is 9.95. The molecule has 76 valence electrons. The van der Waals surface area contributed by atoms with Crippen molar-refractivity contribution in [2.24, 2.45) is 10.9 Å². The smallest absolute Gasteiger partial charge is 0.319 e. The van der Waals surface area contributed by atoms with Crippen molar-refractivity contribution in [3.63, 3.8) is 0 Å². The number of Topliss-reactive ketones (excluding diaryl/α,β-unsaturated/α-hetero) is 1. The third-order valence-electron chi connectivity index (χ3n) is 2.15. The lowest BCUT2D eigenvalue weighted by Crippen LogP contribution is -2.27. The van der Waals surface area contributed by atoms with Crippen molar-refractivity contribution in [2.75, 3.05) is 0 Å². The lowest BCUT2D eigenvalue weighted by molar-refractivity contribution is -0.137. The van der Waals surface area contributed by atoms with E-state index in [1.54, 1.807) is 12.1 Å². The minimum atomic E-state index is -1.20. The van der Waals surface area contributed by atoms with Gasteiger partial charge in [0.25, 0.3) is 0 Å². The molecule has 1 atom stereocenters.